The van der Waals surface area contributed by atoms with E-state index in [9.17, 15) is 24.1 Å². The third-order valence-corrected chi connectivity index (χ3v) is 4.43. The molecule has 0 amide bonds. The molecule has 0 fully saturated rings. The molecule has 0 radical (unpaired) electrons. The van der Waals surface area contributed by atoms with Gasteiger partial charge in [-0.3, -0.25) is 14.9 Å². The summed E-state index contributed by atoms with van der Waals surface area (Å²) in [6.07, 6.45) is 0. The number of esters is 1. The Hall–Kier alpha value is -4.07. The molecule has 30 heavy (non-hydrogen) atoms. The van der Waals surface area contributed by atoms with E-state index in [1.54, 1.807) is 18.2 Å². The molecule has 3 aromatic carbocycles. The summed E-state index contributed by atoms with van der Waals surface area (Å²) in [4.78, 5) is 36.2. The second-order valence-electron chi connectivity index (χ2n) is 6.28. The number of carbonyl (C=O) groups excluding carboxylic acids is 2. The maximum atomic E-state index is 13.7. The summed E-state index contributed by atoms with van der Waals surface area (Å²) in [5, 5.41) is 14.0. The highest BCUT2D eigenvalue weighted by Crippen LogP contribution is 2.27. The molecule has 0 aromatic heterocycles. The summed E-state index contributed by atoms with van der Waals surface area (Å²) >= 11 is 0. The Labute approximate surface area is 171 Å². The van der Waals surface area contributed by atoms with Gasteiger partial charge in [0.2, 0.25) is 0 Å². The van der Waals surface area contributed by atoms with Gasteiger partial charge in [0.15, 0.2) is 5.78 Å². The van der Waals surface area contributed by atoms with Gasteiger partial charge in [-0.15, -0.1) is 0 Å². The third kappa shape index (κ3) is 4.33. The molecule has 0 saturated carbocycles. The summed E-state index contributed by atoms with van der Waals surface area (Å²) in [5.41, 5.74) is 0.266. The van der Waals surface area contributed by atoms with Crippen LogP contribution in [-0.4, -0.2) is 23.7 Å². The quantitative estimate of drug-likeness (QED) is 0.270. The SMILES string of the molecule is CNc1ccc(C(=O)c2ccccc2C(=O)OCc2ccccc2F)cc1[N+](=O)[O-]. The van der Waals surface area contributed by atoms with E-state index in [1.165, 1.54) is 49.5 Å². The van der Waals surface area contributed by atoms with E-state index in [-0.39, 0.29) is 40.2 Å². The van der Waals surface area contributed by atoms with Crippen molar-refractivity contribution >= 4 is 23.1 Å². The van der Waals surface area contributed by atoms with Crippen LogP contribution >= 0.6 is 0 Å². The van der Waals surface area contributed by atoms with Crippen LogP contribution < -0.4 is 5.32 Å². The maximum absolute atomic E-state index is 13.7. The zero-order chi connectivity index (χ0) is 21.7. The molecule has 152 valence electrons. The average molecular weight is 408 g/mol. The Morgan fingerprint density at radius 3 is 2.37 bits per heavy atom. The minimum atomic E-state index is -0.802. The summed E-state index contributed by atoms with van der Waals surface area (Å²) in [7, 11) is 1.53. The van der Waals surface area contributed by atoms with E-state index >= 15 is 0 Å². The van der Waals surface area contributed by atoms with Crippen LogP contribution in [0.2, 0.25) is 0 Å². The molecule has 3 aromatic rings. The van der Waals surface area contributed by atoms with E-state index in [1.807, 2.05) is 0 Å². The Morgan fingerprint density at radius 2 is 1.70 bits per heavy atom. The fourth-order valence-electron chi connectivity index (χ4n) is 2.89. The zero-order valence-electron chi connectivity index (χ0n) is 15.9. The number of halogens is 1. The zero-order valence-corrected chi connectivity index (χ0v) is 15.9. The molecule has 0 unspecified atom stereocenters. The van der Waals surface area contributed by atoms with E-state index in [0.717, 1.165) is 6.07 Å². The average Bonchev–Trinajstić information content (AvgIpc) is 2.77. The molecule has 0 bridgehead atoms. The lowest BCUT2D eigenvalue weighted by atomic mass is 9.97. The number of anilines is 1. The maximum Gasteiger partial charge on any atom is 0.339 e. The Balaban J connectivity index is 1.88. The number of nitrogens with zero attached hydrogens (tertiary/aromatic N) is 1. The van der Waals surface area contributed by atoms with Crippen LogP contribution in [-0.2, 0) is 11.3 Å². The molecular formula is C22H17FN2O5. The molecular weight excluding hydrogens is 391 g/mol. The van der Waals surface area contributed by atoms with Crippen molar-refractivity contribution in [1.29, 1.82) is 0 Å². The predicted octanol–water partition coefficient (Wildman–Crippen LogP) is 4.36. The minimum Gasteiger partial charge on any atom is -0.457 e. The van der Waals surface area contributed by atoms with Crippen molar-refractivity contribution in [3.63, 3.8) is 0 Å². The van der Waals surface area contributed by atoms with Gasteiger partial charge in [0.1, 0.15) is 18.1 Å². The number of benzene rings is 3. The van der Waals surface area contributed by atoms with Gasteiger partial charge >= 0.3 is 5.97 Å². The first-order chi connectivity index (χ1) is 14.4. The van der Waals surface area contributed by atoms with Crippen LogP contribution in [0.3, 0.4) is 0 Å². The third-order valence-electron chi connectivity index (χ3n) is 4.43. The van der Waals surface area contributed by atoms with Crippen molar-refractivity contribution in [3.8, 4) is 0 Å². The molecule has 8 heteroatoms. The van der Waals surface area contributed by atoms with Crippen LogP contribution in [0.15, 0.2) is 66.7 Å². The summed E-state index contributed by atoms with van der Waals surface area (Å²) in [5.74, 6) is -1.88. The van der Waals surface area contributed by atoms with Crippen molar-refractivity contribution in [2.24, 2.45) is 0 Å². The van der Waals surface area contributed by atoms with Crippen LogP contribution in [0.5, 0.6) is 0 Å². The standard InChI is InChI=1S/C22H17FN2O5/c1-24-19-11-10-14(12-20(19)25(28)29)21(26)16-7-3-4-8-17(16)22(27)30-13-15-6-2-5-9-18(15)23/h2-12,24H,13H2,1H3. The van der Waals surface area contributed by atoms with E-state index < -0.39 is 22.5 Å². The first kappa shape index (κ1) is 20.7. The number of nitro groups is 1. The molecule has 0 heterocycles. The molecule has 0 saturated heterocycles. The van der Waals surface area contributed by atoms with Gasteiger partial charge < -0.3 is 10.1 Å². The summed E-state index contributed by atoms with van der Waals surface area (Å²) in [6, 6.07) is 15.8. The van der Waals surface area contributed by atoms with Gasteiger partial charge in [-0.25, -0.2) is 9.18 Å². The molecule has 3 rings (SSSR count). The number of rotatable bonds is 7. The Kier molecular flexibility index (Phi) is 6.17. The van der Waals surface area contributed by atoms with Gasteiger partial charge in [0.05, 0.1) is 10.5 Å². The number of nitro benzene ring substituents is 1. The molecule has 0 aliphatic carbocycles. The van der Waals surface area contributed by atoms with Gasteiger partial charge in [0, 0.05) is 29.8 Å². The smallest absolute Gasteiger partial charge is 0.339 e. The minimum absolute atomic E-state index is 0.0146. The second kappa shape index (κ2) is 8.95. The van der Waals surface area contributed by atoms with Crippen molar-refractivity contribution in [2.75, 3.05) is 12.4 Å². The van der Waals surface area contributed by atoms with E-state index in [4.69, 9.17) is 4.74 Å². The number of hydrogen-bond acceptors (Lipinski definition) is 6. The highest BCUT2D eigenvalue weighted by atomic mass is 19.1. The van der Waals surface area contributed by atoms with Gasteiger partial charge in [-0.1, -0.05) is 36.4 Å². The lowest BCUT2D eigenvalue weighted by molar-refractivity contribution is -0.384. The van der Waals surface area contributed by atoms with E-state index in [2.05, 4.69) is 5.32 Å². The topological polar surface area (TPSA) is 98.5 Å². The number of hydrogen-bond donors (Lipinski definition) is 1. The van der Waals surface area contributed by atoms with Crippen molar-refractivity contribution in [1.82, 2.24) is 0 Å². The number of ketones is 1. The molecule has 0 spiro atoms. The highest BCUT2D eigenvalue weighted by Gasteiger charge is 2.22. The summed E-state index contributed by atoms with van der Waals surface area (Å²) < 4.78 is 18.9. The molecule has 0 aliphatic heterocycles. The Bertz CT molecular complexity index is 1130. The Morgan fingerprint density at radius 1 is 1.03 bits per heavy atom. The van der Waals surface area contributed by atoms with Gasteiger partial charge in [-0.05, 0) is 24.3 Å². The molecule has 1 N–H and O–H groups in total. The number of nitrogens with one attached hydrogen (secondary N) is 1. The lowest BCUT2D eigenvalue weighted by Gasteiger charge is -2.10. The normalized spacial score (nSPS) is 10.3. The molecule has 0 atom stereocenters. The number of ether oxygens (including phenoxy) is 1. The monoisotopic (exact) mass is 408 g/mol. The van der Waals surface area contributed by atoms with Crippen LogP contribution in [0.25, 0.3) is 0 Å². The van der Waals surface area contributed by atoms with Crippen molar-refractivity contribution in [2.45, 2.75) is 6.61 Å². The number of carbonyl (C=O) groups is 2. The van der Waals surface area contributed by atoms with Crippen LogP contribution in [0.1, 0.15) is 31.8 Å². The van der Waals surface area contributed by atoms with Gasteiger partial charge in [-0.2, -0.15) is 0 Å². The summed E-state index contributed by atoms with van der Waals surface area (Å²) in [6.45, 7) is -0.295. The first-order valence-electron chi connectivity index (χ1n) is 8.93. The molecule has 0 aliphatic rings. The lowest BCUT2D eigenvalue weighted by Crippen LogP contribution is -2.13. The first-order valence-corrected chi connectivity index (χ1v) is 8.93. The molecule has 7 nitrogen and oxygen atoms in total. The van der Waals surface area contributed by atoms with E-state index in [0.29, 0.717) is 0 Å². The predicted molar refractivity (Wildman–Crippen MR) is 108 cm³/mol. The second-order valence-corrected chi connectivity index (χ2v) is 6.28. The fourth-order valence-corrected chi connectivity index (χ4v) is 2.89. The van der Waals surface area contributed by atoms with Crippen LogP contribution in [0, 0.1) is 15.9 Å². The highest BCUT2D eigenvalue weighted by molar-refractivity contribution is 6.14. The fraction of sp³-hybridized carbons (Fsp3) is 0.0909. The van der Waals surface area contributed by atoms with Crippen molar-refractivity contribution in [3.05, 3.63) is 105 Å². The van der Waals surface area contributed by atoms with Crippen molar-refractivity contribution < 1.29 is 23.6 Å². The van der Waals surface area contributed by atoms with Gasteiger partial charge in [0.25, 0.3) is 5.69 Å². The largest absolute Gasteiger partial charge is 0.457 e. The van der Waals surface area contributed by atoms with Crippen LogP contribution in [0.4, 0.5) is 15.8 Å².